The molecule has 1 unspecified atom stereocenters. The van der Waals surface area contributed by atoms with E-state index in [0.717, 1.165) is 16.0 Å². The quantitative estimate of drug-likeness (QED) is 0.649. The van der Waals surface area contributed by atoms with Crippen LogP contribution >= 0.6 is 11.8 Å². The summed E-state index contributed by atoms with van der Waals surface area (Å²) in [4.78, 5) is 38.9. The van der Waals surface area contributed by atoms with Crippen LogP contribution in [0.15, 0.2) is 47.4 Å². The molecule has 1 atom stereocenters. The van der Waals surface area contributed by atoms with Gasteiger partial charge in [0.15, 0.2) is 6.61 Å². The van der Waals surface area contributed by atoms with E-state index in [9.17, 15) is 14.4 Å². The van der Waals surface area contributed by atoms with Crippen LogP contribution in [0, 0.1) is 6.92 Å². The molecule has 0 aliphatic carbocycles. The van der Waals surface area contributed by atoms with E-state index in [1.807, 2.05) is 25.1 Å². The summed E-state index contributed by atoms with van der Waals surface area (Å²) in [7, 11) is 1.55. The SMILES string of the molecule is COc1ccc(N(CCC(N)=O)C(=O)COC(=O)C2Cc3ccc(C)cc3S2)cc1. The van der Waals surface area contributed by atoms with Crippen LogP contribution in [0.1, 0.15) is 17.5 Å². The highest BCUT2D eigenvalue weighted by molar-refractivity contribution is 8.01. The number of nitrogens with zero attached hydrogens (tertiary/aromatic N) is 1. The topological polar surface area (TPSA) is 98.9 Å². The van der Waals surface area contributed by atoms with Gasteiger partial charge in [-0.2, -0.15) is 0 Å². The summed E-state index contributed by atoms with van der Waals surface area (Å²) in [5, 5.41) is -0.366. The van der Waals surface area contributed by atoms with Gasteiger partial charge in [0, 0.05) is 23.5 Å². The summed E-state index contributed by atoms with van der Waals surface area (Å²) < 4.78 is 10.4. The molecule has 1 heterocycles. The summed E-state index contributed by atoms with van der Waals surface area (Å²) in [6, 6.07) is 12.9. The van der Waals surface area contributed by atoms with Crippen LogP contribution in [0.4, 0.5) is 5.69 Å². The summed E-state index contributed by atoms with van der Waals surface area (Å²) in [6.45, 7) is 1.70. The van der Waals surface area contributed by atoms with E-state index in [4.69, 9.17) is 15.2 Å². The first-order chi connectivity index (χ1) is 14.4. The average Bonchev–Trinajstić information content (AvgIpc) is 3.15. The van der Waals surface area contributed by atoms with Gasteiger partial charge in [-0.1, -0.05) is 17.7 Å². The number of benzene rings is 2. The van der Waals surface area contributed by atoms with E-state index in [2.05, 4.69) is 0 Å². The largest absolute Gasteiger partial charge is 0.497 e. The van der Waals surface area contributed by atoms with Crippen LogP contribution in [-0.2, 0) is 25.5 Å². The number of ether oxygens (including phenoxy) is 2. The first kappa shape index (κ1) is 21.7. The van der Waals surface area contributed by atoms with Crippen LogP contribution in [0.3, 0.4) is 0 Å². The number of nitrogens with two attached hydrogens (primary N) is 1. The Bertz CT molecular complexity index is 945. The van der Waals surface area contributed by atoms with E-state index in [-0.39, 0.29) is 18.2 Å². The van der Waals surface area contributed by atoms with Crippen molar-refractivity contribution in [1.29, 1.82) is 0 Å². The maximum Gasteiger partial charge on any atom is 0.320 e. The van der Waals surface area contributed by atoms with Crippen LogP contribution in [0.25, 0.3) is 0 Å². The number of aryl methyl sites for hydroxylation is 1. The van der Waals surface area contributed by atoms with Gasteiger partial charge in [0.25, 0.3) is 5.91 Å². The van der Waals surface area contributed by atoms with Crippen LogP contribution in [-0.4, -0.2) is 43.3 Å². The lowest BCUT2D eigenvalue weighted by atomic mass is 10.1. The number of fused-ring (bicyclic) bond motifs is 1. The molecule has 3 rings (SSSR count). The fourth-order valence-corrected chi connectivity index (χ4v) is 4.44. The molecule has 0 saturated heterocycles. The highest BCUT2D eigenvalue weighted by Gasteiger charge is 2.30. The second-order valence-electron chi connectivity index (χ2n) is 6.99. The lowest BCUT2D eigenvalue weighted by molar-refractivity contribution is -0.147. The number of thioether (sulfide) groups is 1. The van der Waals surface area contributed by atoms with Gasteiger partial charge in [0.2, 0.25) is 5.91 Å². The molecule has 0 fully saturated rings. The maximum absolute atomic E-state index is 12.8. The molecule has 8 heteroatoms. The summed E-state index contributed by atoms with van der Waals surface area (Å²) in [5.74, 6) is -0.729. The minimum atomic E-state index is -0.520. The molecular weight excluding hydrogens is 404 g/mol. The Hall–Kier alpha value is -3.00. The Morgan fingerprint density at radius 2 is 1.90 bits per heavy atom. The van der Waals surface area contributed by atoms with Crippen LogP contribution < -0.4 is 15.4 Å². The third-order valence-corrected chi connectivity index (χ3v) is 6.04. The first-order valence-electron chi connectivity index (χ1n) is 9.53. The zero-order chi connectivity index (χ0) is 21.7. The molecular formula is C22H24N2O5S. The lowest BCUT2D eigenvalue weighted by Gasteiger charge is -2.22. The average molecular weight is 429 g/mol. The smallest absolute Gasteiger partial charge is 0.320 e. The van der Waals surface area contributed by atoms with Gasteiger partial charge in [-0.25, -0.2) is 0 Å². The highest BCUT2D eigenvalue weighted by Crippen LogP contribution is 2.38. The molecule has 1 aliphatic rings. The second kappa shape index (κ2) is 9.67. The Kier molecular flexibility index (Phi) is 6.99. The van der Waals surface area contributed by atoms with E-state index in [1.54, 1.807) is 31.4 Å². The second-order valence-corrected chi connectivity index (χ2v) is 8.23. The number of anilines is 1. The number of esters is 1. The predicted molar refractivity (Wildman–Crippen MR) is 115 cm³/mol. The van der Waals surface area contributed by atoms with E-state index in [1.165, 1.54) is 16.7 Å². The highest BCUT2D eigenvalue weighted by atomic mass is 32.2. The molecule has 2 N–H and O–H groups in total. The lowest BCUT2D eigenvalue weighted by Crippen LogP contribution is -2.38. The van der Waals surface area contributed by atoms with Crippen molar-refractivity contribution >= 4 is 35.2 Å². The Balaban J connectivity index is 1.62. The predicted octanol–water partition coefficient (Wildman–Crippen LogP) is 2.47. The fourth-order valence-electron chi connectivity index (χ4n) is 3.15. The molecule has 0 spiro atoms. The van der Waals surface area contributed by atoms with Crippen molar-refractivity contribution in [2.75, 3.05) is 25.2 Å². The van der Waals surface area contributed by atoms with Gasteiger partial charge in [0.1, 0.15) is 11.0 Å². The van der Waals surface area contributed by atoms with Crippen molar-refractivity contribution in [2.45, 2.75) is 29.9 Å². The molecule has 158 valence electrons. The summed E-state index contributed by atoms with van der Waals surface area (Å²) in [5.41, 5.74) is 8.05. The van der Waals surface area contributed by atoms with Crippen LogP contribution in [0.5, 0.6) is 5.75 Å². The summed E-state index contributed by atoms with van der Waals surface area (Å²) >= 11 is 1.46. The molecule has 1 aliphatic heterocycles. The maximum atomic E-state index is 12.8. The Morgan fingerprint density at radius 3 is 2.57 bits per heavy atom. The van der Waals surface area contributed by atoms with Gasteiger partial charge in [-0.3, -0.25) is 14.4 Å². The van der Waals surface area contributed by atoms with Gasteiger partial charge in [0.05, 0.1) is 7.11 Å². The van der Waals surface area contributed by atoms with Gasteiger partial charge in [-0.15, -0.1) is 11.8 Å². The van der Waals surface area contributed by atoms with Crippen molar-refractivity contribution in [1.82, 2.24) is 0 Å². The number of carbonyl (C=O) groups is 3. The molecule has 0 bridgehead atoms. The van der Waals surface area contributed by atoms with Crippen molar-refractivity contribution in [3.63, 3.8) is 0 Å². The minimum absolute atomic E-state index is 0.00114. The van der Waals surface area contributed by atoms with Gasteiger partial charge in [-0.05, 0) is 49.2 Å². The number of carbonyl (C=O) groups excluding carboxylic acids is 3. The number of primary amides is 1. The number of hydrogen-bond donors (Lipinski definition) is 1. The molecule has 0 aromatic heterocycles. The third-order valence-electron chi connectivity index (χ3n) is 4.76. The molecule has 0 saturated carbocycles. The molecule has 7 nitrogen and oxygen atoms in total. The monoisotopic (exact) mass is 428 g/mol. The van der Waals surface area contributed by atoms with E-state index < -0.39 is 24.4 Å². The zero-order valence-electron chi connectivity index (χ0n) is 16.9. The molecule has 2 amide bonds. The molecule has 30 heavy (non-hydrogen) atoms. The Labute approximate surface area is 179 Å². The fraction of sp³-hybridized carbons (Fsp3) is 0.318. The van der Waals surface area contributed by atoms with E-state index in [0.29, 0.717) is 17.9 Å². The number of rotatable bonds is 8. The van der Waals surface area contributed by atoms with Crippen molar-refractivity contribution in [3.05, 3.63) is 53.6 Å². The van der Waals surface area contributed by atoms with Crippen molar-refractivity contribution < 1.29 is 23.9 Å². The number of methoxy groups -OCH3 is 1. The first-order valence-corrected chi connectivity index (χ1v) is 10.4. The normalized spacial score (nSPS) is 14.7. The Morgan fingerprint density at radius 1 is 1.17 bits per heavy atom. The minimum Gasteiger partial charge on any atom is -0.497 e. The van der Waals surface area contributed by atoms with Crippen molar-refractivity contribution in [3.8, 4) is 5.75 Å². The standard InChI is InChI=1S/C22H24N2O5S/c1-14-3-4-15-12-19(30-18(15)11-14)22(27)29-13-21(26)24(10-9-20(23)25)16-5-7-17(28-2)8-6-16/h3-8,11,19H,9-10,12-13H2,1-2H3,(H2,23,25). The zero-order valence-corrected chi connectivity index (χ0v) is 17.7. The van der Waals surface area contributed by atoms with Crippen LogP contribution in [0.2, 0.25) is 0 Å². The van der Waals surface area contributed by atoms with Crippen molar-refractivity contribution in [2.24, 2.45) is 5.73 Å². The van der Waals surface area contributed by atoms with Gasteiger partial charge >= 0.3 is 5.97 Å². The van der Waals surface area contributed by atoms with E-state index >= 15 is 0 Å². The number of hydrogen-bond acceptors (Lipinski definition) is 6. The van der Waals surface area contributed by atoms with Gasteiger partial charge < -0.3 is 20.1 Å². The molecule has 0 radical (unpaired) electrons. The molecule has 2 aromatic rings. The molecule has 2 aromatic carbocycles. The summed E-state index contributed by atoms with van der Waals surface area (Å²) in [6.07, 6.45) is 0.579. The third kappa shape index (κ3) is 5.33. The number of amides is 2.